The molecule has 4 nitrogen and oxygen atoms in total. The van der Waals surface area contributed by atoms with Crippen LogP contribution < -0.4 is 5.32 Å². The van der Waals surface area contributed by atoms with Gasteiger partial charge in [0.05, 0.1) is 6.54 Å². The SMILES string of the molecule is CCCn1ncnc1CNCCc1cccc(C)c1. The summed E-state index contributed by atoms with van der Waals surface area (Å²) in [5.41, 5.74) is 2.70. The summed E-state index contributed by atoms with van der Waals surface area (Å²) < 4.78 is 1.97. The van der Waals surface area contributed by atoms with E-state index in [1.54, 1.807) is 6.33 Å². The zero-order valence-corrected chi connectivity index (χ0v) is 11.8. The van der Waals surface area contributed by atoms with Crippen molar-refractivity contribution < 1.29 is 0 Å². The van der Waals surface area contributed by atoms with Gasteiger partial charge in [0.15, 0.2) is 0 Å². The van der Waals surface area contributed by atoms with Crippen molar-refractivity contribution in [2.24, 2.45) is 0 Å². The van der Waals surface area contributed by atoms with E-state index in [2.05, 4.69) is 53.5 Å². The van der Waals surface area contributed by atoms with Crippen LogP contribution in [0.1, 0.15) is 30.3 Å². The molecule has 0 atom stereocenters. The first-order chi connectivity index (χ1) is 9.29. The first kappa shape index (κ1) is 13.7. The molecule has 0 bridgehead atoms. The number of hydrogen-bond acceptors (Lipinski definition) is 3. The van der Waals surface area contributed by atoms with Gasteiger partial charge in [-0.05, 0) is 31.9 Å². The van der Waals surface area contributed by atoms with E-state index >= 15 is 0 Å². The lowest BCUT2D eigenvalue weighted by Crippen LogP contribution is -2.20. The molecule has 2 rings (SSSR count). The Balaban J connectivity index is 1.76. The van der Waals surface area contributed by atoms with Gasteiger partial charge < -0.3 is 5.32 Å². The van der Waals surface area contributed by atoms with Crippen molar-refractivity contribution in [2.45, 2.75) is 39.8 Å². The van der Waals surface area contributed by atoms with Gasteiger partial charge in [-0.3, -0.25) is 0 Å². The average molecular weight is 258 g/mol. The maximum atomic E-state index is 4.28. The first-order valence-corrected chi connectivity index (χ1v) is 6.92. The van der Waals surface area contributed by atoms with Crippen molar-refractivity contribution in [2.75, 3.05) is 6.54 Å². The molecule has 0 spiro atoms. The molecule has 2 aromatic rings. The minimum absolute atomic E-state index is 0.784. The molecule has 4 heteroatoms. The Kier molecular flexibility index (Phi) is 5.10. The zero-order chi connectivity index (χ0) is 13.5. The van der Waals surface area contributed by atoms with Crippen LogP contribution in [0.2, 0.25) is 0 Å². The van der Waals surface area contributed by atoms with E-state index in [9.17, 15) is 0 Å². The monoisotopic (exact) mass is 258 g/mol. The Morgan fingerprint density at radius 2 is 2.21 bits per heavy atom. The van der Waals surface area contributed by atoms with Crippen LogP contribution in [0, 0.1) is 6.92 Å². The molecule has 102 valence electrons. The van der Waals surface area contributed by atoms with Crippen molar-refractivity contribution in [3.63, 3.8) is 0 Å². The zero-order valence-electron chi connectivity index (χ0n) is 11.8. The lowest BCUT2D eigenvalue weighted by atomic mass is 10.1. The highest BCUT2D eigenvalue weighted by atomic mass is 15.3. The predicted octanol–water partition coefficient (Wildman–Crippen LogP) is 2.33. The molecule has 0 radical (unpaired) electrons. The average Bonchev–Trinajstić information content (AvgIpc) is 2.83. The van der Waals surface area contributed by atoms with Crippen LogP contribution in [0.3, 0.4) is 0 Å². The van der Waals surface area contributed by atoms with E-state index in [1.165, 1.54) is 11.1 Å². The molecule has 0 saturated carbocycles. The van der Waals surface area contributed by atoms with Gasteiger partial charge in [-0.1, -0.05) is 36.8 Å². The standard InChI is InChI=1S/C15H22N4/c1-3-9-19-15(17-12-18-19)11-16-8-7-14-6-4-5-13(2)10-14/h4-6,10,12,16H,3,7-9,11H2,1-2H3. The van der Waals surface area contributed by atoms with Crippen molar-refractivity contribution in [3.8, 4) is 0 Å². The molecule has 0 unspecified atom stereocenters. The third kappa shape index (κ3) is 4.17. The molecular formula is C15H22N4. The maximum absolute atomic E-state index is 4.28. The molecule has 1 aromatic carbocycles. The lowest BCUT2D eigenvalue weighted by Gasteiger charge is -2.07. The largest absolute Gasteiger partial charge is 0.310 e. The lowest BCUT2D eigenvalue weighted by molar-refractivity contribution is 0.543. The van der Waals surface area contributed by atoms with Gasteiger partial charge in [0.25, 0.3) is 0 Å². The highest BCUT2D eigenvalue weighted by Gasteiger charge is 2.02. The molecule has 0 aliphatic rings. The molecule has 1 N–H and O–H groups in total. The fourth-order valence-electron chi connectivity index (χ4n) is 2.12. The van der Waals surface area contributed by atoms with Gasteiger partial charge in [-0.15, -0.1) is 0 Å². The Labute approximate surface area is 114 Å². The number of hydrogen-bond donors (Lipinski definition) is 1. The predicted molar refractivity (Wildman–Crippen MR) is 76.9 cm³/mol. The summed E-state index contributed by atoms with van der Waals surface area (Å²) in [6.45, 7) is 6.96. The number of aromatic nitrogens is 3. The Morgan fingerprint density at radius 3 is 3.00 bits per heavy atom. The summed E-state index contributed by atoms with van der Waals surface area (Å²) in [6, 6.07) is 8.65. The minimum atomic E-state index is 0.784. The minimum Gasteiger partial charge on any atom is -0.310 e. The van der Waals surface area contributed by atoms with Crippen LogP contribution in [0.25, 0.3) is 0 Å². The van der Waals surface area contributed by atoms with E-state index in [0.29, 0.717) is 0 Å². The molecule has 19 heavy (non-hydrogen) atoms. The van der Waals surface area contributed by atoms with Crippen LogP contribution in [0.5, 0.6) is 0 Å². The second-order valence-corrected chi connectivity index (χ2v) is 4.82. The highest BCUT2D eigenvalue weighted by Crippen LogP contribution is 2.04. The van der Waals surface area contributed by atoms with Gasteiger partial charge >= 0.3 is 0 Å². The summed E-state index contributed by atoms with van der Waals surface area (Å²) in [5.74, 6) is 1.02. The van der Waals surface area contributed by atoms with Gasteiger partial charge in [-0.25, -0.2) is 9.67 Å². The molecule has 0 aliphatic heterocycles. The van der Waals surface area contributed by atoms with Crippen molar-refractivity contribution >= 4 is 0 Å². The van der Waals surface area contributed by atoms with E-state index in [0.717, 1.165) is 38.3 Å². The molecule has 1 heterocycles. The van der Waals surface area contributed by atoms with Crippen molar-refractivity contribution in [1.29, 1.82) is 0 Å². The van der Waals surface area contributed by atoms with Crippen LogP contribution in [-0.2, 0) is 19.5 Å². The number of nitrogens with one attached hydrogen (secondary N) is 1. The van der Waals surface area contributed by atoms with Gasteiger partial charge in [0, 0.05) is 6.54 Å². The number of nitrogens with zero attached hydrogens (tertiary/aromatic N) is 3. The fraction of sp³-hybridized carbons (Fsp3) is 0.467. The van der Waals surface area contributed by atoms with E-state index < -0.39 is 0 Å². The van der Waals surface area contributed by atoms with Gasteiger partial charge in [-0.2, -0.15) is 5.10 Å². The molecule has 0 saturated heterocycles. The third-order valence-corrected chi connectivity index (χ3v) is 3.09. The van der Waals surface area contributed by atoms with Crippen molar-refractivity contribution in [3.05, 3.63) is 47.5 Å². The molecule has 0 amide bonds. The molecule has 1 aromatic heterocycles. The summed E-state index contributed by atoms with van der Waals surface area (Å²) in [7, 11) is 0. The second-order valence-electron chi connectivity index (χ2n) is 4.82. The normalized spacial score (nSPS) is 10.8. The quantitative estimate of drug-likeness (QED) is 0.775. The first-order valence-electron chi connectivity index (χ1n) is 6.92. The summed E-state index contributed by atoms with van der Waals surface area (Å²) >= 11 is 0. The number of benzene rings is 1. The third-order valence-electron chi connectivity index (χ3n) is 3.09. The van der Waals surface area contributed by atoms with E-state index in [-0.39, 0.29) is 0 Å². The fourth-order valence-corrected chi connectivity index (χ4v) is 2.12. The Hall–Kier alpha value is -1.68. The number of aryl methyl sites for hydroxylation is 2. The summed E-state index contributed by atoms with van der Waals surface area (Å²) in [6.07, 6.45) is 3.76. The van der Waals surface area contributed by atoms with Crippen LogP contribution >= 0.6 is 0 Å². The molecule has 0 aliphatic carbocycles. The Bertz CT molecular complexity index is 504. The van der Waals surface area contributed by atoms with Crippen LogP contribution in [0.4, 0.5) is 0 Å². The van der Waals surface area contributed by atoms with Gasteiger partial charge in [0.2, 0.25) is 0 Å². The molecule has 0 fully saturated rings. The second kappa shape index (κ2) is 7.04. The summed E-state index contributed by atoms with van der Waals surface area (Å²) in [4.78, 5) is 4.28. The van der Waals surface area contributed by atoms with Crippen LogP contribution in [0.15, 0.2) is 30.6 Å². The number of rotatable bonds is 7. The topological polar surface area (TPSA) is 42.7 Å². The highest BCUT2D eigenvalue weighted by molar-refractivity contribution is 5.22. The van der Waals surface area contributed by atoms with Crippen LogP contribution in [-0.4, -0.2) is 21.3 Å². The van der Waals surface area contributed by atoms with Gasteiger partial charge in [0.1, 0.15) is 12.2 Å². The molecular weight excluding hydrogens is 236 g/mol. The van der Waals surface area contributed by atoms with E-state index in [1.807, 2.05) is 4.68 Å². The smallest absolute Gasteiger partial charge is 0.140 e. The summed E-state index contributed by atoms with van der Waals surface area (Å²) in [5, 5.41) is 7.65. The maximum Gasteiger partial charge on any atom is 0.140 e. The van der Waals surface area contributed by atoms with E-state index in [4.69, 9.17) is 0 Å². The van der Waals surface area contributed by atoms with Crippen molar-refractivity contribution in [1.82, 2.24) is 20.1 Å². The Morgan fingerprint density at radius 1 is 1.32 bits per heavy atom.